The van der Waals surface area contributed by atoms with Crippen LogP contribution in [0.1, 0.15) is 11.4 Å². The van der Waals surface area contributed by atoms with Gasteiger partial charge in [-0.05, 0) is 12.8 Å². The number of nitrogens with zero attached hydrogens (tertiary/aromatic N) is 2. The summed E-state index contributed by atoms with van der Waals surface area (Å²) in [5.74, 6) is 0. The van der Waals surface area contributed by atoms with E-state index in [2.05, 4.69) is 19.9 Å². The molecule has 0 saturated heterocycles. The Labute approximate surface area is 145 Å². The van der Waals surface area contributed by atoms with Crippen LogP contribution in [0, 0.1) is 10.2 Å². The maximum atomic E-state index is 8.60. The molecule has 0 aromatic carbocycles. The summed E-state index contributed by atoms with van der Waals surface area (Å²) in [5.41, 5.74) is 15.7. The standard InChI is InChI=1S/2C5H8N3.ClHO4.Ni.H2O/c2*6-2-1-5-3-7-4-8-5;2-1(3,4)5;;/h2*3-4,6H,1-2H2,(H,7,8);(H,2,3,4,5);;1H2/q2*-1;;+3;. The monoisotopic (exact) mass is 396 g/mol. The van der Waals surface area contributed by atoms with Crippen LogP contribution in [0.5, 0.6) is 0 Å². The number of hydrogen-bond acceptors (Lipinski definition) is 6. The van der Waals surface area contributed by atoms with Crippen LogP contribution in [0.2, 0.25) is 0 Å². The van der Waals surface area contributed by atoms with Crippen molar-refractivity contribution < 1.29 is 50.8 Å². The van der Waals surface area contributed by atoms with Gasteiger partial charge in [0.1, 0.15) is 0 Å². The minimum Gasteiger partial charge on any atom is -0.677 e. The Bertz CT molecular complexity index is 397. The van der Waals surface area contributed by atoms with E-state index in [1.807, 2.05) is 0 Å². The van der Waals surface area contributed by atoms with Gasteiger partial charge in [0, 0.05) is 23.8 Å². The Balaban J connectivity index is -0.000000258. The van der Waals surface area contributed by atoms with Crippen molar-refractivity contribution in [2.75, 3.05) is 13.1 Å². The molecule has 135 valence electrons. The van der Waals surface area contributed by atoms with Crippen molar-refractivity contribution >= 4 is 0 Å². The fourth-order valence-electron chi connectivity index (χ4n) is 1.11. The van der Waals surface area contributed by atoms with Crippen LogP contribution in [-0.2, 0) is 29.3 Å². The third-order valence-corrected chi connectivity index (χ3v) is 1.90. The largest absolute Gasteiger partial charge is 3.00 e. The molecule has 23 heavy (non-hydrogen) atoms. The number of nitrogens with one attached hydrogen (secondary N) is 4. The first kappa shape index (κ1) is 26.8. The third-order valence-electron chi connectivity index (χ3n) is 1.90. The van der Waals surface area contributed by atoms with Crippen molar-refractivity contribution in [2.45, 2.75) is 12.8 Å². The fourth-order valence-corrected chi connectivity index (χ4v) is 1.11. The smallest absolute Gasteiger partial charge is 0.677 e. The molecular weight excluding hydrogens is 378 g/mol. The molecule has 0 spiro atoms. The molecule has 2 aromatic rings. The van der Waals surface area contributed by atoms with Crippen molar-refractivity contribution in [1.29, 1.82) is 0 Å². The number of rotatable bonds is 4. The summed E-state index contributed by atoms with van der Waals surface area (Å²) < 4.78 is 32.7. The molecule has 2 rings (SSSR count). The van der Waals surface area contributed by atoms with Crippen molar-refractivity contribution in [3.8, 4) is 0 Å². The van der Waals surface area contributed by atoms with E-state index in [1.54, 1.807) is 25.0 Å². The fraction of sp³-hybridized carbons (Fsp3) is 0.400. The number of halogens is 1. The molecule has 0 fully saturated rings. The Morgan fingerprint density at radius 2 is 1.26 bits per heavy atom. The van der Waals surface area contributed by atoms with Crippen LogP contribution in [-0.4, -0.2) is 43.2 Å². The minimum absolute atomic E-state index is 0. The van der Waals surface area contributed by atoms with Gasteiger partial charge >= 0.3 is 16.5 Å². The van der Waals surface area contributed by atoms with Crippen molar-refractivity contribution in [1.82, 2.24) is 19.9 Å². The summed E-state index contributed by atoms with van der Waals surface area (Å²) >= 11 is 0. The minimum atomic E-state index is -4.69. The van der Waals surface area contributed by atoms with E-state index >= 15 is 0 Å². The quantitative estimate of drug-likeness (QED) is 0.457. The number of H-pyrrole nitrogens is 2. The average Bonchev–Trinajstić information content (AvgIpc) is 3.01. The maximum absolute atomic E-state index is 8.60. The molecule has 0 amide bonds. The number of aromatic amines is 2. The van der Waals surface area contributed by atoms with Gasteiger partial charge in [0.05, 0.1) is 27.6 Å². The first-order chi connectivity index (χ1) is 9.86. The molecule has 1 radical (unpaired) electrons. The van der Waals surface area contributed by atoms with E-state index in [0.29, 0.717) is 13.1 Å². The number of hydrogen-bond donors (Lipinski definition) is 3. The Morgan fingerprint density at radius 1 is 0.957 bits per heavy atom. The van der Waals surface area contributed by atoms with Crippen LogP contribution in [0.25, 0.3) is 11.5 Å². The van der Waals surface area contributed by atoms with Gasteiger partial charge in [0.25, 0.3) is 0 Å². The van der Waals surface area contributed by atoms with Gasteiger partial charge < -0.3 is 26.9 Å². The second-order valence-corrected chi connectivity index (χ2v) is 4.34. The van der Waals surface area contributed by atoms with Gasteiger partial charge in [0.2, 0.25) is 0 Å². The zero-order chi connectivity index (χ0) is 16.1. The molecule has 0 aliphatic carbocycles. The molecule has 0 atom stereocenters. The SMILES string of the molecule is O.[NH-]CCc1cnc[nH]1.[NH-]CCc1cnc[nH]1.[Ni+3].[O-][Cl+3]([O-])([O-])O. The predicted octanol–water partition coefficient (Wildman–Crippen LogP) is -2.94. The van der Waals surface area contributed by atoms with Crippen LogP contribution in [0.3, 0.4) is 0 Å². The van der Waals surface area contributed by atoms with Gasteiger partial charge in [-0.1, -0.05) is 0 Å². The van der Waals surface area contributed by atoms with Gasteiger partial charge in [-0.3, -0.25) is 0 Å². The molecular formula is C10H19ClN6NiO5+. The maximum Gasteiger partial charge on any atom is 3.00 e. The van der Waals surface area contributed by atoms with E-state index in [4.69, 9.17) is 30.1 Å². The van der Waals surface area contributed by atoms with Gasteiger partial charge in [-0.25, -0.2) is 9.97 Å². The number of imidazole rings is 2. The van der Waals surface area contributed by atoms with E-state index < -0.39 is 10.2 Å². The van der Waals surface area contributed by atoms with E-state index in [-0.39, 0.29) is 22.0 Å². The summed E-state index contributed by atoms with van der Waals surface area (Å²) in [5, 5.41) is 0. The zero-order valence-electron chi connectivity index (χ0n) is 11.9. The molecule has 2 aromatic heterocycles. The third kappa shape index (κ3) is 20.9. The van der Waals surface area contributed by atoms with E-state index in [9.17, 15) is 0 Å². The van der Waals surface area contributed by atoms with Gasteiger partial charge in [0.15, 0.2) is 0 Å². The van der Waals surface area contributed by atoms with Crippen molar-refractivity contribution in [3.63, 3.8) is 0 Å². The van der Waals surface area contributed by atoms with E-state index in [0.717, 1.165) is 24.2 Å². The molecule has 0 unspecified atom stereocenters. The van der Waals surface area contributed by atoms with Gasteiger partial charge in [-0.15, -0.1) is 13.1 Å². The summed E-state index contributed by atoms with van der Waals surface area (Å²) in [6.07, 6.45) is 8.30. The zero-order valence-corrected chi connectivity index (χ0v) is 13.6. The summed E-state index contributed by atoms with van der Waals surface area (Å²) in [6.45, 7) is 0.865. The second kappa shape index (κ2) is 15.8. The Kier molecular flexibility index (Phi) is 18.4. The predicted molar refractivity (Wildman–Crippen MR) is 68.8 cm³/mol. The summed E-state index contributed by atoms with van der Waals surface area (Å²) in [6, 6.07) is 0. The Morgan fingerprint density at radius 3 is 1.43 bits per heavy atom. The van der Waals surface area contributed by atoms with Crippen LogP contribution >= 0.6 is 0 Å². The van der Waals surface area contributed by atoms with Crippen LogP contribution < -0.4 is 14.0 Å². The van der Waals surface area contributed by atoms with E-state index in [1.165, 1.54) is 0 Å². The molecule has 11 nitrogen and oxygen atoms in total. The van der Waals surface area contributed by atoms with Crippen molar-refractivity contribution in [2.24, 2.45) is 0 Å². The molecule has 13 heteroatoms. The first-order valence-corrected chi connectivity index (χ1v) is 7.00. The normalized spacial score (nSPS) is 9.30. The number of aromatic nitrogens is 4. The molecule has 2 heterocycles. The van der Waals surface area contributed by atoms with Crippen LogP contribution in [0.15, 0.2) is 25.0 Å². The average molecular weight is 397 g/mol. The van der Waals surface area contributed by atoms with Crippen LogP contribution in [0.4, 0.5) is 0 Å². The summed E-state index contributed by atoms with van der Waals surface area (Å²) in [7, 11) is -4.69. The summed E-state index contributed by atoms with van der Waals surface area (Å²) in [4.78, 5) is 13.4. The van der Waals surface area contributed by atoms with Crippen molar-refractivity contribution in [3.05, 3.63) is 47.9 Å². The molecule has 7 N–H and O–H groups in total. The molecule has 0 aliphatic heterocycles. The molecule has 0 saturated carbocycles. The topological polar surface area (TPSA) is 226 Å². The Hall–Kier alpha value is -1.08. The second-order valence-electron chi connectivity index (χ2n) is 3.55. The molecule has 0 aliphatic rings. The first-order valence-electron chi connectivity index (χ1n) is 5.73. The molecule has 0 bridgehead atoms. The van der Waals surface area contributed by atoms with Gasteiger partial charge in [-0.2, -0.15) is 14.0 Å².